The first-order valence-corrected chi connectivity index (χ1v) is 6.43. The third kappa shape index (κ3) is 5.67. The van der Waals surface area contributed by atoms with E-state index in [1.165, 1.54) is 32.1 Å². The van der Waals surface area contributed by atoms with Gasteiger partial charge in [0.05, 0.1) is 0 Å². The lowest BCUT2D eigenvalue weighted by atomic mass is 9.75. The van der Waals surface area contributed by atoms with Gasteiger partial charge in [0.1, 0.15) is 0 Å². The highest BCUT2D eigenvalue weighted by Crippen LogP contribution is 2.36. The fourth-order valence-electron chi connectivity index (χ4n) is 2.21. The van der Waals surface area contributed by atoms with Crippen molar-refractivity contribution in [2.75, 3.05) is 0 Å². The van der Waals surface area contributed by atoms with E-state index in [1.807, 2.05) is 0 Å². The molecule has 0 amide bonds. The zero-order chi connectivity index (χ0) is 11.2. The van der Waals surface area contributed by atoms with Gasteiger partial charge in [-0.2, -0.15) is 0 Å². The van der Waals surface area contributed by atoms with E-state index >= 15 is 0 Å². The summed E-state index contributed by atoms with van der Waals surface area (Å²) >= 11 is 0. The number of hydrogen-bond acceptors (Lipinski definition) is 0. The van der Waals surface area contributed by atoms with Crippen molar-refractivity contribution in [1.82, 2.24) is 0 Å². The summed E-state index contributed by atoms with van der Waals surface area (Å²) in [6.45, 7) is 14.2. The van der Waals surface area contributed by atoms with Gasteiger partial charge in [-0.05, 0) is 30.1 Å². The minimum atomic E-state index is 0.595. The van der Waals surface area contributed by atoms with Crippen LogP contribution < -0.4 is 0 Å². The van der Waals surface area contributed by atoms with E-state index in [2.05, 4.69) is 41.5 Å². The van der Waals surface area contributed by atoms with Gasteiger partial charge in [-0.15, -0.1) is 0 Å². The molecule has 0 spiro atoms. The van der Waals surface area contributed by atoms with E-state index in [1.54, 1.807) is 0 Å². The van der Waals surface area contributed by atoms with E-state index in [-0.39, 0.29) is 0 Å². The molecule has 0 aromatic carbocycles. The quantitative estimate of drug-likeness (QED) is 0.522. The Labute approximate surface area is 91.5 Å². The highest BCUT2D eigenvalue weighted by molar-refractivity contribution is 4.75. The van der Waals surface area contributed by atoms with Crippen LogP contribution in [0.2, 0.25) is 0 Å². The van der Waals surface area contributed by atoms with E-state index in [4.69, 9.17) is 0 Å². The molecular weight excluding hydrogens is 168 g/mol. The van der Waals surface area contributed by atoms with Gasteiger partial charge in [0.15, 0.2) is 0 Å². The lowest BCUT2D eigenvalue weighted by Crippen LogP contribution is -2.19. The van der Waals surface area contributed by atoms with Crippen LogP contribution in [0.1, 0.15) is 73.6 Å². The van der Waals surface area contributed by atoms with Crippen LogP contribution in [0.15, 0.2) is 0 Å². The maximum Gasteiger partial charge on any atom is -0.0326 e. The lowest BCUT2D eigenvalue weighted by Gasteiger charge is -2.31. The van der Waals surface area contributed by atoms with E-state index in [0.29, 0.717) is 5.41 Å². The highest BCUT2D eigenvalue weighted by Gasteiger charge is 2.23. The second-order valence-corrected chi connectivity index (χ2v) is 5.81. The van der Waals surface area contributed by atoms with Crippen LogP contribution in [0.3, 0.4) is 0 Å². The van der Waals surface area contributed by atoms with Crippen LogP contribution in [0, 0.1) is 17.3 Å². The van der Waals surface area contributed by atoms with Crippen LogP contribution in [0.4, 0.5) is 0 Å². The summed E-state index contributed by atoms with van der Waals surface area (Å²) in [6, 6.07) is 0. The van der Waals surface area contributed by atoms with Crippen LogP contribution >= 0.6 is 0 Å². The lowest BCUT2D eigenvalue weighted by molar-refractivity contribution is 0.207. The van der Waals surface area contributed by atoms with Crippen molar-refractivity contribution >= 4 is 0 Å². The first-order chi connectivity index (χ1) is 6.43. The third-order valence-corrected chi connectivity index (χ3v) is 3.69. The van der Waals surface area contributed by atoms with Gasteiger partial charge in [0.2, 0.25) is 0 Å². The molecule has 0 rings (SSSR count). The number of rotatable bonds is 7. The summed E-state index contributed by atoms with van der Waals surface area (Å²) in [5.74, 6) is 1.75. The molecule has 14 heavy (non-hydrogen) atoms. The molecule has 0 nitrogen and oxygen atoms in total. The molecule has 0 saturated heterocycles. The summed E-state index contributed by atoms with van der Waals surface area (Å²) in [7, 11) is 0. The molecule has 0 aliphatic carbocycles. The zero-order valence-corrected chi connectivity index (χ0v) is 11.2. The molecule has 0 aromatic rings. The standard InChI is InChI=1S/C14H30/c1-7-13(5)9-10-14(6,8-2)11-12(3)4/h12-13H,7-11H2,1-6H3. The largest absolute Gasteiger partial charge is 0.0651 e. The predicted octanol–water partition coefficient (Wildman–Crippen LogP) is 5.28. The van der Waals surface area contributed by atoms with Gasteiger partial charge >= 0.3 is 0 Å². The van der Waals surface area contributed by atoms with Gasteiger partial charge < -0.3 is 0 Å². The summed E-state index contributed by atoms with van der Waals surface area (Å²) < 4.78 is 0. The Morgan fingerprint density at radius 3 is 2.00 bits per heavy atom. The fourth-order valence-corrected chi connectivity index (χ4v) is 2.21. The SMILES string of the molecule is CCC(C)CCC(C)(CC)CC(C)C. The van der Waals surface area contributed by atoms with Gasteiger partial charge in [-0.3, -0.25) is 0 Å². The molecular formula is C14H30. The Hall–Kier alpha value is 0. The van der Waals surface area contributed by atoms with Crippen molar-refractivity contribution in [1.29, 1.82) is 0 Å². The third-order valence-electron chi connectivity index (χ3n) is 3.69. The highest BCUT2D eigenvalue weighted by atomic mass is 14.3. The average Bonchev–Trinajstić information content (AvgIpc) is 2.13. The fraction of sp³-hybridized carbons (Fsp3) is 1.00. The summed E-state index contributed by atoms with van der Waals surface area (Å²) in [5.41, 5.74) is 0.595. The summed E-state index contributed by atoms with van der Waals surface area (Å²) in [6.07, 6.45) is 6.88. The maximum atomic E-state index is 2.47. The Balaban J connectivity index is 3.98. The molecule has 0 heteroatoms. The molecule has 2 unspecified atom stereocenters. The molecule has 0 aliphatic heterocycles. The van der Waals surface area contributed by atoms with Crippen LogP contribution in [-0.4, -0.2) is 0 Å². The van der Waals surface area contributed by atoms with Gasteiger partial charge in [0.25, 0.3) is 0 Å². The molecule has 0 aliphatic rings. The molecule has 0 saturated carbocycles. The molecule has 0 N–H and O–H groups in total. The molecule has 86 valence electrons. The van der Waals surface area contributed by atoms with E-state index in [9.17, 15) is 0 Å². The van der Waals surface area contributed by atoms with Gasteiger partial charge in [-0.25, -0.2) is 0 Å². The first-order valence-electron chi connectivity index (χ1n) is 6.43. The van der Waals surface area contributed by atoms with Crippen molar-refractivity contribution in [3.63, 3.8) is 0 Å². The van der Waals surface area contributed by atoms with Crippen molar-refractivity contribution in [2.45, 2.75) is 73.6 Å². The molecule has 0 heterocycles. The Morgan fingerprint density at radius 1 is 1.07 bits per heavy atom. The average molecular weight is 198 g/mol. The van der Waals surface area contributed by atoms with Crippen molar-refractivity contribution in [3.8, 4) is 0 Å². The van der Waals surface area contributed by atoms with E-state index < -0.39 is 0 Å². The number of hydrogen-bond donors (Lipinski definition) is 0. The molecule has 0 bridgehead atoms. The molecule has 0 fully saturated rings. The van der Waals surface area contributed by atoms with Crippen molar-refractivity contribution in [3.05, 3.63) is 0 Å². The minimum absolute atomic E-state index is 0.595. The monoisotopic (exact) mass is 198 g/mol. The smallest absolute Gasteiger partial charge is 0.0326 e. The second-order valence-electron chi connectivity index (χ2n) is 5.81. The van der Waals surface area contributed by atoms with Crippen LogP contribution in [0.25, 0.3) is 0 Å². The van der Waals surface area contributed by atoms with Crippen LogP contribution in [0.5, 0.6) is 0 Å². The van der Waals surface area contributed by atoms with Crippen molar-refractivity contribution in [2.24, 2.45) is 17.3 Å². The normalized spacial score (nSPS) is 18.2. The Kier molecular flexibility index (Phi) is 6.48. The summed E-state index contributed by atoms with van der Waals surface area (Å²) in [4.78, 5) is 0. The van der Waals surface area contributed by atoms with Crippen molar-refractivity contribution < 1.29 is 0 Å². The Morgan fingerprint density at radius 2 is 1.64 bits per heavy atom. The molecule has 2 atom stereocenters. The molecule has 0 aromatic heterocycles. The predicted molar refractivity (Wildman–Crippen MR) is 66.5 cm³/mol. The zero-order valence-electron chi connectivity index (χ0n) is 11.2. The second kappa shape index (κ2) is 6.48. The van der Waals surface area contributed by atoms with Crippen LogP contribution in [-0.2, 0) is 0 Å². The summed E-state index contributed by atoms with van der Waals surface area (Å²) in [5, 5.41) is 0. The van der Waals surface area contributed by atoms with Gasteiger partial charge in [-0.1, -0.05) is 60.8 Å². The first kappa shape index (κ1) is 14.0. The molecule has 0 radical (unpaired) electrons. The topological polar surface area (TPSA) is 0 Å². The van der Waals surface area contributed by atoms with Gasteiger partial charge in [0, 0.05) is 0 Å². The maximum absolute atomic E-state index is 2.47. The van der Waals surface area contributed by atoms with E-state index in [0.717, 1.165) is 11.8 Å². The minimum Gasteiger partial charge on any atom is -0.0651 e. The Bertz CT molecular complexity index is 137.